The van der Waals surface area contributed by atoms with E-state index < -0.39 is 5.82 Å². The van der Waals surface area contributed by atoms with Crippen molar-refractivity contribution in [2.24, 2.45) is 0 Å². The van der Waals surface area contributed by atoms with Crippen LogP contribution in [0.2, 0.25) is 0 Å². The first-order valence-corrected chi connectivity index (χ1v) is 9.04. The molecule has 2 aromatic heterocycles. The van der Waals surface area contributed by atoms with Crippen molar-refractivity contribution in [1.82, 2.24) is 14.9 Å². The highest BCUT2D eigenvalue weighted by Crippen LogP contribution is 2.24. The number of benzene rings is 2. The second-order valence-electron chi connectivity index (χ2n) is 6.56. The number of furan rings is 1. The summed E-state index contributed by atoms with van der Waals surface area (Å²) >= 11 is 0. The lowest BCUT2D eigenvalue weighted by molar-refractivity contribution is 0.264. The monoisotopic (exact) mass is 381 g/mol. The first-order chi connectivity index (χ1) is 13.6. The highest BCUT2D eigenvalue weighted by Gasteiger charge is 2.15. The Balaban J connectivity index is 1.63. The minimum absolute atomic E-state index is 0.218. The summed E-state index contributed by atoms with van der Waals surface area (Å²) in [4.78, 5) is 21.9. The SMILES string of the molecule is CCN(Cc1ccc(OC)c(F)c1)Cc1nc2c(oc3ccccc32)c(=O)[nH]1. The van der Waals surface area contributed by atoms with Gasteiger partial charge in [0.2, 0.25) is 5.58 Å². The molecule has 0 aliphatic heterocycles. The summed E-state index contributed by atoms with van der Waals surface area (Å²) in [5.74, 6) is 0.365. The zero-order valence-corrected chi connectivity index (χ0v) is 15.7. The Bertz CT molecular complexity index is 1200. The fourth-order valence-electron chi connectivity index (χ4n) is 3.28. The zero-order valence-electron chi connectivity index (χ0n) is 15.7. The highest BCUT2D eigenvalue weighted by atomic mass is 19.1. The molecule has 4 aromatic rings. The van der Waals surface area contributed by atoms with Gasteiger partial charge in [0.05, 0.1) is 13.7 Å². The molecule has 0 aliphatic carbocycles. The second kappa shape index (κ2) is 7.44. The fourth-order valence-corrected chi connectivity index (χ4v) is 3.28. The summed E-state index contributed by atoms with van der Waals surface area (Å²) in [5, 5.41) is 0.810. The number of methoxy groups -OCH3 is 1. The summed E-state index contributed by atoms with van der Waals surface area (Å²) in [6, 6.07) is 12.3. The van der Waals surface area contributed by atoms with Crippen LogP contribution in [0.5, 0.6) is 5.75 Å². The predicted molar refractivity (Wildman–Crippen MR) is 105 cm³/mol. The molecule has 0 saturated heterocycles. The van der Waals surface area contributed by atoms with Gasteiger partial charge in [0, 0.05) is 11.9 Å². The van der Waals surface area contributed by atoms with Crippen LogP contribution in [0.1, 0.15) is 18.3 Å². The van der Waals surface area contributed by atoms with E-state index in [4.69, 9.17) is 9.15 Å². The maximum atomic E-state index is 14.0. The molecule has 2 heterocycles. The molecule has 28 heavy (non-hydrogen) atoms. The number of rotatable bonds is 6. The molecule has 0 saturated carbocycles. The van der Waals surface area contributed by atoms with E-state index in [9.17, 15) is 9.18 Å². The highest BCUT2D eigenvalue weighted by molar-refractivity contribution is 6.01. The lowest BCUT2D eigenvalue weighted by Gasteiger charge is -2.20. The van der Waals surface area contributed by atoms with Crippen molar-refractivity contribution in [3.63, 3.8) is 0 Å². The fraction of sp³-hybridized carbons (Fsp3) is 0.238. The molecule has 4 rings (SSSR count). The first-order valence-electron chi connectivity index (χ1n) is 9.04. The van der Waals surface area contributed by atoms with Gasteiger partial charge in [0.15, 0.2) is 11.6 Å². The van der Waals surface area contributed by atoms with Gasteiger partial charge < -0.3 is 14.1 Å². The van der Waals surface area contributed by atoms with E-state index in [-0.39, 0.29) is 16.9 Å². The molecule has 2 aromatic carbocycles. The van der Waals surface area contributed by atoms with Gasteiger partial charge in [0.25, 0.3) is 5.56 Å². The third-order valence-corrected chi connectivity index (χ3v) is 4.72. The van der Waals surface area contributed by atoms with Crippen molar-refractivity contribution in [3.05, 3.63) is 70.0 Å². The van der Waals surface area contributed by atoms with Gasteiger partial charge in [-0.1, -0.05) is 25.1 Å². The molecule has 0 radical (unpaired) electrons. The van der Waals surface area contributed by atoms with Crippen LogP contribution in [-0.2, 0) is 13.1 Å². The normalized spacial score (nSPS) is 11.6. The molecule has 0 aliphatic rings. The molecule has 0 amide bonds. The first kappa shape index (κ1) is 18.2. The Hall–Kier alpha value is -3.19. The van der Waals surface area contributed by atoms with Gasteiger partial charge in [-0.05, 0) is 36.4 Å². The average molecular weight is 381 g/mol. The Morgan fingerprint density at radius 2 is 2.04 bits per heavy atom. The van der Waals surface area contributed by atoms with Crippen molar-refractivity contribution in [3.8, 4) is 5.75 Å². The predicted octanol–water partition coefficient (Wildman–Crippen LogP) is 3.84. The van der Waals surface area contributed by atoms with Crippen molar-refractivity contribution in [2.75, 3.05) is 13.7 Å². The number of aromatic amines is 1. The van der Waals surface area contributed by atoms with Gasteiger partial charge in [-0.15, -0.1) is 0 Å². The Labute approximate surface area is 160 Å². The standard InChI is InChI=1S/C21H20FN3O3/c1-3-25(11-13-8-9-17(27-2)15(22)10-13)12-18-23-19-14-6-4-5-7-16(14)28-20(19)21(26)24-18/h4-10H,3,11-12H2,1-2H3,(H,23,24,26). The van der Waals surface area contributed by atoms with Crippen molar-refractivity contribution in [1.29, 1.82) is 0 Å². The van der Waals surface area contributed by atoms with Gasteiger partial charge >= 0.3 is 0 Å². The summed E-state index contributed by atoms with van der Waals surface area (Å²) in [5.41, 5.74) is 1.93. The van der Waals surface area contributed by atoms with Crippen LogP contribution >= 0.6 is 0 Å². The van der Waals surface area contributed by atoms with Gasteiger partial charge in [0.1, 0.15) is 16.9 Å². The lowest BCUT2D eigenvalue weighted by Crippen LogP contribution is -2.25. The van der Waals surface area contributed by atoms with Crippen LogP contribution in [0, 0.1) is 5.82 Å². The van der Waals surface area contributed by atoms with E-state index in [0.717, 1.165) is 10.9 Å². The molecule has 0 bridgehead atoms. The van der Waals surface area contributed by atoms with Crippen molar-refractivity contribution >= 4 is 22.1 Å². The smallest absolute Gasteiger partial charge is 0.294 e. The molecule has 0 fully saturated rings. The zero-order chi connectivity index (χ0) is 19.7. The minimum Gasteiger partial charge on any atom is -0.494 e. The molecule has 7 heteroatoms. The molecule has 1 N–H and O–H groups in total. The number of hydrogen-bond donors (Lipinski definition) is 1. The van der Waals surface area contributed by atoms with Crippen LogP contribution in [0.4, 0.5) is 4.39 Å². The van der Waals surface area contributed by atoms with E-state index in [2.05, 4.69) is 14.9 Å². The number of hydrogen-bond acceptors (Lipinski definition) is 5. The molecule has 0 spiro atoms. The molecule has 0 atom stereocenters. The molecule has 6 nitrogen and oxygen atoms in total. The largest absolute Gasteiger partial charge is 0.494 e. The number of H-pyrrole nitrogens is 1. The minimum atomic E-state index is -0.395. The topological polar surface area (TPSA) is 71.4 Å². The summed E-state index contributed by atoms with van der Waals surface area (Å²) < 4.78 is 24.5. The number of halogens is 1. The summed E-state index contributed by atoms with van der Waals surface area (Å²) in [6.07, 6.45) is 0. The maximum absolute atomic E-state index is 14.0. The van der Waals surface area contributed by atoms with Gasteiger partial charge in [-0.2, -0.15) is 0 Å². The number of nitrogens with one attached hydrogen (secondary N) is 1. The van der Waals surface area contributed by atoms with Gasteiger partial charge in [-0.25, -0.2) is 9.37 Å². The van der Waals surface area contributed by atoms with Crippen LogP contribution in [0.25, 0.3) is 22.1 Å². The van der Waals surface area contributed by atoms with Crippen molar-refractivity contribution < 1.29 is 13.5 Å². The Kier molecular flexibility index (Phi) is 4.83. The number of ether oxygens (including phenoxy) is 1. The second-order valence-corrected chi connectivity index (χ2v) is 6.56. The van der Waals surface area contributed by atoms with E-state index in [1.165, 1.54) is 13.2 Å². The van der Waals surface area contributed by atoms with E-state index in [0.29, 0.717) is 36.6 Å². The average Bonchev–Trinajstić information content (AvgIpc) is 3.07. The van der Waals surface area contributed by atoms with Gasteiger partial charge in [-0.3, -0.25) is 9.69 Å². The molecule has 144 valence electrons. The Morgan fingerprint density at radius 3 is 2.79 bits per heavy atom. The number of aromatic nitrogens is 2. The quantitative estimate of drug-likeness (QED) is 0.549. The van der Waals surface area contributed by atoms with Crippen molar-refractivity contribution in [2.45, 2.75) is 20.0 Å². The lowest BCUT2D eigenvalue weighted by atomic mass is 10.2. The van der Waals surface area contributed by atoms with Crippen LogP contribution < -0.4 is 10.3 Å². The van der Waals surface area contributed by atoms with Crippen LogP contribution in [0.3, 0.4) is 0 Å². The molecular formula is C21H20FN3O3. The van der Waals surface area contributed by atoms with E-state index >= 15 is 0 Å². The maximum Gasteiger partial charge on any atom is 0.294 e. The molecule has 0 unspecified atom stereocenters. The summed E-state index contributed by atoms with van der Waals surface area (Å²) in [7, 11) is 1.44. The van der Waals surface area contributed by atoms with Crippen LogP contribution in [-0.4, -0.2) is 28.5 Å². The summed E-state index contributed by atoms with van der Waals surface area (Å²) in [6.45, 7) is 3.66. The van der Waals surface area contributed by atoms with E-state index in [1.807, 2.05) is 37.3 Å². The molecular weight excluding hydrogens is 361 g/mol. The third kappa shape index (κ3) is 3.36. The number of fused-ring (bicyclic) bond motifs is 3. The number of nitrogens with zero attached hydrogens (tertiary/aromatic N) is 2. The Morgan fingerprint density at radius 1 is 1.21 bits per heavy atom. The van der Waals surface area contributed by atoms with Crippen LogP contribution in [0.15, 0.2) is 51.7 Å². The number of para-hydroxylation sites is 1. The van der Waals surface area contributed by atoms with E-state index in [1.54, 1.807) is 6.07 Å². The third-order valence-electron chi connectivity index (χ3n) is 4.72.